The second kappa shape index (κ2) is 7.66. The number of ether oxygens (including phenoxy) is 2. The van der Waals surface area contributed by atoms with E-state index in [0.29, 0.717) is 6.04 Å². The van der Waals surface area contributed by atoms with Gasteiger partial charge in [0, 0.05) is 25.2 Å². The zero-order valence-electron chi connectivity index (χ0n) is 13.3. The van der Waals surface area contributed by atoms with Crippen molar-refractivity contribution in [3.8, 4) is 11.5 Å². The Bertz CT molecular complexity index is 423. The van der Waals surface area contributed by atoms with Gasteiger partial charge < -0.3 is 14.6 Å². The van der Waals surface area contributed by atoms with Crippen LogP contribution in [0.4, 0.5) is 0 Å². The molecule has 1 atom stereocenters. The van der Waals surface area contributed by atoms with E-state index in [0.717, 1.165) is 37.4 Å². The van der Waals surface area contributed by atoms with Crippen molar-refractivity contribution in [1.29, 1.82) is 0 Å². The number of hydrogen-bond donors (Lipinski definition) is 1. The average Bonchev–Trinajstić information content (AvgIpc) is 3.31. The number of aliphatic hydroxyl groups is 1. The molecule has 1 aromatic rings. The van der Waals surface area contributed by atoms with E-state index >= 15 is 0 Å². The van der Waals surface area contributed by atoms with Crippen LogP contribution < -0.4 is 9.47 Å². The van der Waals surface area contributed by atoms with Gasteiger partial charge >= 0.3 is 0 Å². The molecule has 118 valence electrons. The van der Waals surface area contributed by atoms with Crippen molar-refractivity contribution >= 4 is 0 Å². The largest absolute Gasteiger partial charge is 0.497 e. The summed E-state index contributed by atoms with van der Waals surface area (Å²) in [6.07, 6.45) is 4.13. The molecule has 1 saturated carbocycles. The van der Waals surface area contributed by atoms with E-state index in [1.54, 1.807) is 14.2 Å². The summed E-state index contributed by atoms with van der Waals surface area (Å²) >= 11 is 0. The van der Waals surface area contributed by atoms with Crippen LogP contribution in [0.25, 0.3) is 0 Å². The normalized spacial score (nSPS) is 16.0. The molecular weight excluding hydrogens is 266 g/mol. The Labute approximate surface area is 127 Å². The minimum absolute atomic E-state index is 0.233. The predicted octanol–water partition coefficient (Wildman–Crippen LogP) is 2.83. The summed E-state index contributed by atoms with van der Waals surface area (Å²) < 4.78 is 10.7. The smallest absolute Gasteiger partial charge is 0.122 e. The molecule has 1 N–H and O–H groups in total. The molecule has 0 bridgehead atoms. The first-order valence-corrected chi connectivity index (χ1v) is 7.80. The lowest BCUT2D eigenvalue weighted by Crippen LogP contribution is -2.33. The monoisotopic (exact) mass is 293 g/mol. The van der Waals surface area contributed by atoms with Crippen LogP contribution in [0.15, 0.2) is 18.2 Å². The molecule has 1 unspecified atom stereocenters. The lowest BCUT2D eigenvalue weighted by Gasteiger charge is -2.25. The molecule has 0 aromatic heterocycles. The van der Waals surface area contributed by atoms with Crippen LogP contribution in [0.1, 0.15) is 38.2 Å². The Morgan fingerprint density at radius 1 is 1.19 bits per heavy atom. The van der Waals surface area contributed by atoms with Gasteiger partial charge in [-0.05, 0) is 37.0 Å². The molecule has 4 heteroatoms. The second-order valence-corrected chi connectivity index (χ2v) is 5.82. The van der Waals surface area contributed by atoms with Gasteiger partial charge in [-0.2, -0.15) is 0 Å². The van der Waals surface area contributed by atoms with Gasteiger partial charge in [0.05, 0.1) is 20.3 Å². The van der Waals surface area contributed by atoms with E-state index in [9.17, 15) is 5.11 Å². The average molecular weight is 293 g/mol. The zero-order chi connectivity index (χ0) is 15.2. The first kappa shape index (κ1) is 16.1. The molecule has 0 heterocycles. The van der Waals surface area contributed by atoms with Crippen molar-refractivity contribution in [2.45, 2.75) is 51.3 Å². The van der Waals surface area contributed by atoms with E-state index in [1.807, 2.05) is 18.2 Å². The van der Waals surface area contributed by atoms with E-state index in [1.165, 1.54) is 18.4 Å². The lowest BCUT2D eigenvalue weighted by atomic mass is 10.1. The van der Waals surface area contributed by atoms with Gasteiger partial charge in [-0.1, -0.05) is 13.3 Å². The van der Waals surface area contributed by atoms with Gasteiger partial charge in [-0.3, -0.25) is 4.90 Å². The summed E-state index contributed by atoms with van der Waals surface area (Å²) in [5.41, 5.74) is 1.17. The summed E-state index contributed by atoms with van der Waals surface area (Å²) in [6.45, 7) is 3.69. The lowest BCUT2D eigenvalue weighted by molar-refractivity contribution is 0.0966. The predicted molar refractivity (Wildman–Crippen MR) is 83.9 cm³/mol. The highest BCUT2D eigenvalue weighted by Gasteiger charge is 2.30. The number of benzene rings is 1. The Morgan fingerprint density at radius 2 is 1.81 bits per heavy atom. The number of nitrogens with zero attached hydrogens (tertiary/aromatic N) is 1. The van der Waals surface area contributed by atoms with Crippen LogP contribution >= 0.6 is 0 Å². The molecule has 0 spiro atoms. The van der Waals surface area contributed by atoms with Crippen LogP contribution in [-0.4, -0.2) is 42.9 Å². The van der Waals surface area contributed by atoms with Crippen LogP contribution in [0.5, 0.6) is 11.5 Å². The Hall–Kier alpha value is -1.26. The molecule has 1 aliphatic rings. The summed E-state index contributed by atoms with van der Waals surface area (Å²) in [5, 5.41) is 10.1. The number of methoxy groups -OCH3 is 2. The first-order valence-electron chi connectivity index (χ1n) is 7.80. The fourth-order valence-corrected chi connectivity index (χ4v) is 2.67. The topological polar surface area (TPSA) is 41.9 Å². The van der Waals surface area contributed by atoms with E-state index in [2.05, 4.69) is 11.8 Å². The van der Waals surface area contributed by atoms with Crippen LogP contribution in [0, 0.1) is 0 Å². The molecule has 0 saturated heterocycles. The zero-order valence-corrected chi connectivity index (χ0v) is 13.3. The van der Waals surface area contributed by atoms with Gasteiger partial charge in [0.2, 0.25) is 0 Å². The third kappa shape index (κ3) is 4.90. The fraction of sp³-hybridized carbons (Fsp3) is 0.647. The van der Waals surface area contributed by atoms with Crippen molar-refractivity contribution in [2.24, 2.45) is 0 Å². The Balaban J connectivity index is 2.05. The van der Waals surface area contributed by atoms with Gasteiger partial charge in [0.1, 0.15) is 11.5 Å². The Morgan fingerprint density at radius 3 is 2.29 bits per heavy atom. The Kier molecular flexibility index (Phi) is 5.88. The minimum atomic E-state index is -0.233. The summed E-state index contributed by atoms with van der Waals surface area (Å²) in [6, 6.07) is 6.60. The highest BCUT2D eigenvalue weighted by Crippen LogP contribution is 2.30. The molecular formula is C17H27NO3. The van der Waals surface area contributed by atoms with Crippen molar-refractivity contribution in [2.75, 3.05) is 20.8 Å². The summed E-state index contributed by atoms with van der Waals surface area (Å²) in [4.78, 5) is 2.38. The van der Waals surface area contributed by atoms with Crippen molar-refractivity contribution in [1.82, 2.24) is 4.90 Å². The molecule has 1 aromatic carbocycles. The second-order valence-electron chi connectivity index (χ2n) is 5.82. The maximum Gasteiger partial charge on any atom is 0.122 e. The van der Waals surface area contributed by atoms with Gasteiger partial charge in [-0.15, -0.1) is 0 Å². The maximum atomic E-state index is 10.1. The summed E-state index contributed by atoms with van der Waals surface area (Å²) in [7, 11) is 3.34. The quantitative estimate of drug-likeness (QED) is 0.760. The molecule has 1 aliphatic carbocycles. The SMILES string of the molecule is CCCC(O)CN(Cc1cc(OC)cc(OC)c1)C1CC1. The van der Waals surface area contributed by atoms with Crippen LogP contribution in [0.3, 0.4) is 0 Å². The van der Waals surface area contributed by atoms with Crippen LogP contribution in [-0.2, 0) is 6.54 Å². The fourth-order valence-electron chi connectivity index (χ4n) is 2.67. The van der Waals surface area contributed by atoms with Gasteiger partial charge in [0.25, 0.3) is 0 Å². The molecule has 0 amide bonds. The maximum absolute atomic E-state index is 10.1. The third-order valence-corrected chi connectivity index (χ3v) is 3.93. The van der Waals surface area contributed by atoms with E-state index < -0.39 is 0 Å². The number of aliphatic hydroxyl groups excluding tert-OH is 1. The molecule has 0 aliphatic heterocycles. The van der Waals surface area contributed by atoms with Crippen molar-refractivity contribution < 1.29 is 14.6 Å². The van der Waals surface area contributed by atoms with Crippen molar-refractivity contribution in [3.05, 3.63) is 23.8 Å². The molecule has 1 fully saturated rings. The standard InChI is InChI=1S/C17H27NO3/c1-4-5-15(19)12-18(14-6-7-14)11-13-8-16(20-2)10-17(9-13)21-3/h8-10,14-15,19H,4-7,11-12H2,1-3H3. The number of hydrogen-bond acceptors (Lipinski definition) is 4. The van der Waals surface area contributed by atoms with E-state index in [4.69, 9.17) is 9.47 Å². The highest BCUT2D eigenvalue weighted by molar-refractivity contribution is 5.38. The highest BCUT2D eigenvalue weighted by atomic mass is 16.5. The summed E-state index contributed by atoms with van der Waals surface area (Å²) in [5.74, 6) is 1.63. The molecule has 0 radical (unpaired) electrons. The van der Waals surface area contributed by atoms with E-state index in [-0.39, 0.29) is 6.10 Å². The third-order valence-electron chi connectivity index (χ3n) is 3.93. The number of rotatable bonds is 9. The van der Waals surface area contributed by atoms with Gasteiger partial charge in [-0.25, -0.2) is 0 Å². The molecule has 4 nitrogen and oxygen atoms in total. The minimum Gasteiger partial charge on any atom is -0.497 e. The van der Waals surface area contributed by atoms with Crippen LogP contribution in [0.2, 0.25) is 0 Å². The molecule has 21 heavy (non-hydrogen) atoms. The van der Waals surface area contributed by atoms with Crippen molar-refractivity contribution in [3.63, 3.8) is 0 Å². The molecule has 2 rings (SSSR count). The first-order chi connectivity index (χ1) is 10.2. The van der Waals surface area contributed by atoms with Gasteiger partial charge in [0.15, 0.2) is 0 Å².